The van der Waals surface area contributed by atoms with E-state index in [0.29, 0.717) is 28.8 Å². The van der Waals surface area contributed by atoms with Gasteiger partial charge in [-0.3, -0.25) is 9.59 Å². The zero-order valence-corrected chi connectivity index (χ0v) is 22.3. The van der Waals surface area contributed by atoms with Gasteiger partial charge in [-0.05, 0) is 62.9 Å². The molecule has 1 aliphatic carbocycles. The van der Waals surface area contributed by atoms with E-state index < -0.39 is 42.4 Å². The number of oxime groups is 1. The van der Waals surface area contributed by atoms with E-state index in [-0.39, 0.29) is 40.4 Å². The van der Waals surface area contributed by atoms with Crippen LogP contribution in [0.4, 0.5) is 0 Å². The van der Waals surface area contributed by atoms with E-state index in [0.717, 1.165) is 5.56 Å². The molecule has 1 heterocycles. The highest BCUT2D eigenvalue weighted by molar-refractivity contribution is 7.92. The van der Waals surface area contributed by atoms with Crippen LogP contribution in [0.1, 0.15) is 58.3 Å². The number of benzene rings is 2. The summed E-state index contributed by atoms with van der Waals surface area (Å²) in [6.07, 6.45) is 0.799. The Labute approximate surface area is 211 Å². The lowest BCUT2D eigenvalue weighted by Gasteiger charge is -2.30. The second-order valence-electron chi connectivity index (χ2n) is 9.46. The molecule has 8 nitrogen and oxygen atoms in total. The minimum absolute atomic E-state index is 0.0737. The fourth-order valence-electron chi connectivity index (χ4n) is 5.28. The lowest BCUT2D eigenvalue weighted by Crippen LogP contribution is -2.43. The lowest BCUT2D eigenvalue weighted by atomic mass is 9.80. The van der Waals surface area contributed by atoms with Gasteiger partial charge in [-0.1, -0.05) is 22.9 Å². The average Bonchev–Trinajstić information content (AvgIpc) is 2.82. The molecule has 4 rings (SSSR count). The van der Waals surface area contributed by atoms with Crippen molar-refractivity contribution < 1.29 is 31.3 Å². The van der Waals surface area contributed by atoms with E-state index >= 15 is 0 Å². The van der Waals surface area contributed by atoms with Crippen LogP contribution in [0.2, 0.25) is 0 Å². The van der Waals surface area contributed by atoms with Gasteiger partial charge < -0.3 is 4.84 Å². The normalized spacial score (nSPS) is 22.8. The Balaban J connectivity index is 1.87. The SMILES string of the molecule is CON=C1CCS(=O)(=O)c2c(C)cc(C(=O)C3C(=O)CCCC3S(=O)(=O)c3ccc(C)cc3)c(C)c21. The van der Waals surface area contributed by atoms with Crippen LogP contribution in [0.5, 0.6) is 0 Å². The molecule has 0 radical (unpaired) electrons. The van der Waals surface area contributed by atoms with E-state index in [1.165, 1.54) is 25.3 Å². The number of hydrogen-bond acceptors (Lipinski definition) is 8. The lowest BCUT2D eigenvalue weighted by molar-refractivity contribution is -0.122. The molecular weight excluding hydrogens is 502 g/mol. The minimum Gasteiger partial charge on any atom is -0.399 e. The molecule has 0 bridgehead atoms. The van der Waals surface area contributed by atoms with Crippen molar-refractivity contribution in [1.29, 1.82) is 0 Å². The van der Waals surface area contributed by atoms with Gasteiger partial charge in [0.1, 0.15) is 12.9 Å². The van der Waals surface area contributed by atoms with Gasteiger partial charge in [0, 0.05) is 24.0 Å². The predicted molar refractivity (Wildman–Crippen MR) is 135 cm³/mol. The first kappa shape index (κ1) is 26.2. The summed E-state index contributed by atoms with van der Waals surface area (Å²) in [6, 6.07) is 7.82. The van der Waals surface area contributed by atoms with Crippen LogP contribution in [0.3, 0.4) is 0 Å². The maximum atomic E-state index is 13.9. The molecule has 2 aromatic carbocycles. The van der Waals surface area contributed by atoms with Crippen LogP contribution in [-0.4, -0.2) is 52.2 Å². The second kappa shape index (κ2) is 9.55. The van der Waals surface area contributed by atoms with Gasteiger partial charge in [0.25, 0.3) is 0 Å². The Hall–Kier alpha value is -2.85. The highest BCUT2D eigenvalue weighted by Crippen LogP contribution is 2.38. The molecule has 2 aromatic rings. The van der Waals surface area contributed by atoms with Crippen molar-refractivity contribution in [3.05, 3.63) is 58.1 Å². The summed E-state index contributed by atoms with van der Waals surface area (Å²) in [6.45, 7) is 5.04. The first-order chi connectivity index (χ1) is 16.9. The number of sulfone groups is 2. The van der Waals surface area contributed by atoms with Crippen molar-refractivity contribution in [2.45, 2.75) is 61.5 Å². The van der Waals surface area contributed by atoms with E-state index in [1.807, 2.05) is 6.92 Å². The molecule has 0 N–H and O–H groups in total. The van der Waals surface area contributed by atoms with Gasteiger partial charge in [-0.15, -0.1) is 0 Å². The summed E-state index contributed by atoms with van der Waals surface area (Å²) in [5.41, 5.74) is 2.43. The van der Waals surface area contributed by atoms with Crippen LogP contribution >= 0.6 is 0 Å². The van der Waals surface area contributed by atoms with Gasteiger partial charge >= 0.3 is 0 Å². The van der Waals surface area contributed by atoms with Crippen LogP contribution < -0.4 is 0 Å². The van der Waals surface area contributed by atoms with Gasteiger partial charge in [-0.25, -0.2) is 16.8 Å². The van der Waals surface area contributed by atoms with Gasteiger partial charge in [0.2, 0.25) is 0 Å². The number of rotatable bonds is 5. The third kappa shape index (κ3) is 4.41. The standard InChI is InChI=1S/C26H29NO7S2/c1-15-8-10-18(11-9-15)36(32,33)22-7-5-6-21(28)24(22)25(29)19-14-16(2)26-23(17(19)3)20(27-34-4)12-13-35(26,30)31/h8-11,14,22,24H,5-7,12-13H2,1-4H3. The average molecular weight is 532 g/mol. The summed E-state index contributed by atoms with van der Waals surface area (Å²) < 4.78 is 52.9. The molecule has 1 saturated carbocycles. The van der Waals surface area contributed by atoms with Crippen molar-refractivity contribution in [3.8, 4) is 0 Å². The molecule has 0 saturated heterocycles. The third-order valence-electron chi connectivity index (χ3n) is 7.06. The van der Waals surface area contributed by atoms with Crippen molar-refractivity contribution in [1.82, 2.24) is 0 Å². The summed E-state index contributed by atoms with van der Waals surface area (Å²) >= 11 is 0. The number of fused-ring (bicyclic) bond motifs is 1. The number of hydrogen-bond donors (Lipinski definition) is 0. The van der Waals surface area contributed by atoms with Gasteiger partial charge in [-0.2, -0.15) is 0 Å². The monoisotopic (exact) mass is 531 g/mol. The Morgan fingerprint density at radius 1 is 1.08 bits per heavy atom. The molecule has 0 spiro atoms. The van der Waals surface area contributed by atoms with Crippen LogP contribution in [0.15, 0.2) is 45.3 Å². The van der Waals surface area contributed by atoms with Gasteiger partial charge in [0.05, 0.1) is 32.4 Å². The zero-order valence-electron chi connectivity index (χ0n) is 20.7. The molecule has 36 heavy (non-hydrogen) atoms. The first-order valence-corrected chi connectivity index (χ1v) is 14.9. The highest BCUT2D eigenvalue weighted by Gasteiger charge is 2.46. The number of carbonyl (C=O) groups is 2. The van der Waals surface area contributed by atoms with Crippen molar-refractivity contribution in [3.63, 3.8) is 0 Å². The molecule has 1 aliphatic heterocycles. The van der Waals surface area contributed by atoms with Crippen molar-refractivity contribution in [2.24, 2.45) is 11.1 Å². The van der Waals surface area contributed by atoms with E-state index in [9.17, 15) is 26.4 Å². The number of Topliss-reactive ketones (excluding diaryl/α,β-unsaturated/α-hetero) is 2. The summed E-state index contributed by atoms with van der Waals surface area (Å²) in [7, 11) is -6.23. The van der Waals surface area contributed by atoms with E-state index in [1.54, 1.807) is 26.0 Å². The number of aryl methyl sites for hydroxylation is 2. The molecule has 0 amide bonds. The quantitative estimate of drug-likeness (QED) is 0.328. The molecule has 10 heteroatoms. The fraction of sp³-hybridized carbons (Fsp3) is 0.423. The van der Waals surface area contributed by atoms with Crippen molar-refractivity contribution in [2.75, 3.05) is 12.9 Å². The maximum absolute atomic E-state index is 13.9. The minimum atomic E-state index is -3.97. The Bertz CT molecular complexity index is 1490. The third-order valence-corrected chi connectivity index (χ3v) is 11.2. The van der Waals surface area contributed by atoms with E-state index in [4.69, 9.17) is 4.84 Å². The van der Waals surface area contributed by atoms with Crippen molar-refractivity contribution >= 4 is 37.0 Å². The smallest absolute Gasteiger partial charge is 0.182 e. The maximum Gasteiger partial charge on any atom is 0.182 e. The highest BCUT2D eigenvalue weighted by atomic mass is 32.2. The van der Waals surface area contributed by atoms with Crippen LogP contribution in [0, 0.1) is 26.7 Å². The number of carbonyl (C=O) groups excluding carboxylic acids is 2. The zero-order chi connectivity index (χ0) is 26.4. The largest absolute Gasteiger partial charge is 0.399 e. The molecule has 0 aromatic heterocycles. The Morgan fingerprint density at radius 3 is 2.39 bits per heavy atom. The Morgan fingerprint density at radius 2 is 1.75 bits per heavy atom. The van der Waals surface area contributed by atoms with E-state index in [2.05, 4.69) is 5.16 Å². The molecule has 1 fully saturated rings. The molecular formula is C26H29NO7S2. The Kier molecular flexibility index (Phi) is 6.96. The van der Waals surface area contributed by atoms with Crippen LogP contribution in [0.25, 0.3) is 0 Å². The molecule has 192 valence electrons. The first-order valence-electron chi connectivity index (χ1n) is 11.7. The number of nitrogens with zero attached hydrogens (tertiary/aromatic N) is 1. The second-order valence-corrected chi connectivity index (χ2v) is 13.7. The predicted octanol–water partition coefficient (Wildman–Crippen LogP) is 3.53. The topological polar surface area (TPSA) is 124 Å². The number of ketones is 2. The summed E-state index contributed by atoms with van der Waals surface area (Å²) in [5, 5.41) is 2.81. The summed E-state index contributed by atoms with van der Waals surface area (Å²) in [5.74, 6) is -2.53. The molecule has 2 unspecified atom stereocenters. The molecule has 2 aliphatic rings. The van der Waals surface area contributed by atoms with Crippen LogP contribution in [-0.2, 0) is 29.3 Å². The molecule has 2 atom stereocenters. The fourth-order valence-corrected chi connectivity index (χ4v) is 9.06. The summed E-state index contributed by atoms with van der Waals surface area (Å²) in [4.78, 5) is 32.1. The van der Waals surface area contributed by atoms with Gasteiger partial charge in [0.15, 0.2) is 25.5 Å².